The molecule has 0 bridgehead atoms. The summed E-state index contributed by atoms with van der Waals surface area (Å²) < 4.78 is 7.55. The van der Waals surface area contributed by atoms with Crippen molar-refractivity contribution < 1.29 is 4.42 Å². The van der Waals surface area contributed by atoms with Crippen molar-refractivity contribution in [3.05, 3.63) is 170 Å². The van der Waals surface area contributed by atoms with Crippen LogP contribution < -0.4 is 0 Å². The monoisotopic (exact) mass is 708 g/mol. The Morgan fingerprint density at radius 3 is 1.89 bits per heavy atom. The highest BCUT2D eigenvalue weighted by atomic mass is 32.1. The first-order valence-corrected chi connectivity index (χ1v) is 18.7. The van der Waals surface area contributed by atoms with E-state index in [0.717, 1.165) is 92.1 Å². The molecule has 6 heteroatoms. The minimum absolute atomic E-state index is 0.544. The average molecular weight is 709 g/mol. The van der Waals surface area contributed by atoms with Crippen LogP contribution in [0.4, 0.5) is 0 Å². The number of aromatic nitrogens is 4. The van der Waals surface area contributed by atoms with Crippen LogP contribution in [0.5, 0.6) is 0 Å². The van der Waals surface area contributed by atoms with Crippen molar-refractivity contribution in [2.75, 3.05) is 0 Å². The van der Waals surface area contributed by atoms with E-state index in [9.17, 15) is 0 Å². The van der Waals surface area contributed by atoms with E-state index in [2.05, 4.69) is 127 Å². The Morgan fingerprint density at radius 2 is 1.06 bits per heavy atom. The summed E-state index contributed by atoms with van der Waals surface area (Å²) in [4.78, 5) is 21.4. The van der Waals surface area contributed by atoms with Crippen LogP contribution in [-0.2, 0) is 0 Å². The maximum atomic E-state index is 6.55. The van der Waals surface area contributed by atoms with Gasteiger partial charge in [0.05, 0.1) is 15.8 Å². The number of nitrogens with zero attached hydrogens (tertiary/aromatic N) is 4. The highest BCUT2D eigenvalue weighted by Crippen LogP contribution is 2.45. The van der Waals surface area contributed by atoms with Crippen molar-refractivity contribution in [3.63, 3.8) is 0 Å². The zero-order valence-electron chi connectivity index (χ0n) is 28.8. The number of benzene rings is 8. The Hall–Kier alpha value is -7.02. The summed E-state index contributed by atoms with van der Waals surface area (Å²) in [6.45, 7) is 0. The van der Waals surface area contributed by atoms with Crippen molar-refractivity contribution in [1.29, 1.82) is 0 Å². The van der Waals surface area contributed by atoms with Gasteiger partial charge < -0.3 is 4.42 Å². The summed E-state index contributed by atoms with van der Waals surface area (Å²) in [6.07, 6.45) is 0. The lowest BCUT2D eigenvalue weighted by Crippen LogP contribution is -2.02. The molecule has 11 rings (SSSR count). The molecule has 3 heterocycles. The van der Waals surface area contributed by atoms with Gasteiger partial charge in [0.1, 0.15) is 16.2 Å². The van der Waals surface area contributed by atoms with Gasteiger partial charge in [-0.3, -0.25) is 0 Å². The average Bonchev–Trinajstić information content (AvgIpc) is 3.84. The molecule has 0 aliphatic heterocycles. The van der Waals surface area contributed by atoms with Gasteiger partial charge in [-0.2, -0.15) is 0 Å². The lowest BCUT2D eigenvalue weighted by Gasteiger charge is -2.15. The molecule has 252 valence electrons. The topological polar surface area (TPSA) is 64.7 Å². The van der Waals surface area contributed by atoms with Gasteiger partial charge in [0.25, 0.3) is 0 Å². The second-order valence-corrected chi connectivity index (χ2v) is 14.4. The molecule has 0 saturated heterocycles. The first-order chi connectivity index (χ1) is 26.7. The lowest BCUT2D eigenvalue weighted by molar-refractivity contribution is 0.669. The molecule has 0 unspecified atom stereocenters. The van der Waals surface area contributed by atoms with Crippen LogP contribution in [0.15, 0.2) is 174 Å². The summed E-state index contributed by atoms with van der Waals surface area (Å²) in [5, 5.41) is 7.41. The second-order valence-electron chi connectivity index (χ2n) is 13.4. The molecule has 0 aliphatic carbocycles. The van der Waals surface area contributed by atoms with Crippen LogP contribution in [-0.4, -0.2) is 19.9 Å². The Balaban J connectivity index is 1.26. The second kappa shape index (κ2) is 12.3. The zero-order valence-corrected chi connectivity index (χ0v) is 29.6. The van der Waals surface area contributed by atoms with E-state index in [1.165, 1.54) is 0 Å². The van der Waals surface area contributed by atoms with Crippen molar-refractivity contribution in [3.8, 4) is 55.9 Å². The van der Waals surface area contributed by atoms with Gasteiger partial charge in [0.2, 0.25) is 0 Å². The molecular weight excluding hydrogens is 681 g/mol. The fourth-order valence-corrected chi connectivity index (χ4v) is 8.64. The number of rotatable bonds is 5. The molecule has 0 saturated carbocycles. The Labute approximate surface area is 313 Å². The molecule has 8 aromatic carbocycles. The van der Waals surface area contributed by atoms with Gasteiger partial charge in [-0.05, 0) is 45.3 Å². The van der Waals surface area contributed by atoms with Gasteiger partial charge in [0, 0.05) is 39.1 Å². The van der Waals surface area contributed by atoms with Crippen molar-refractivity contribution in [1.82, 2.24) is 19.9 Å². The third-order valence-corrected chi connectivity index (χ3v) is 11.2. The first kappa shape index (κ1) is 30.6. The van der Waals surface area contributed by atoms with E-state index >= 15 is 0 Å². The Morgan fingerprint density at radius 1 is 0.407 bits per heavy atom. The summed E-state index contributed by atoms with van der Waals surface area (Å²) in [5.74, 6) is 1.72. The van der Waals surface area contributed by atoms with E-state index in [1.807, 2.05) is 42.5 Å². The third kappa shape index (κ3) is 4.99. The standard InChI is InChI=1S/C48H28N4OS/c1-3-15-31(16-4-1)41-35-20-10-9-14-30(35)25-26-37(41)46-50-45(34-24-23-29-13-7-8-19-33(29)27-34)51-47(52-46)43-42-36-21-11-12-22-38(36)53-39(42)28-40-44(43)49-48(54-40)32-17-5-2-6-18-32/h1-28H. The summed E-state index contributed by atoms with van der Waals surface area (Å²) in [5.41, 5.74) is 8.30. The Kier molecular flexibility index (Phi) is 6.97. The molecule has 0 radical (unpaired) electrons. The number of para-hydroxylation sites is 1. The summed E-state index contributed by atoms with van der Waals surface area (Å²) in [7, 11) is 0. The molecule has 0 fully saturated rings. The predicted octanol–water partition coefficient (Wildman–Crippen LogP) is 13.0. The minimum Gasteiger partial charge on any atom is -0.456 e. The molecule has 0 atom stereocenters. The van der Waals surface area contributed by atoms with Gasteiger partial charge in [-0.25, -0.2) is 19.9 Å². The maximum Gasteiger partial charge on any atom is 0.167 e. The molecule has 0 amide bonds. The quantitative estimate of drug-likeness (QED) is 0.178. The molecular formula is C48H28N4OS. The van der Waals surface area contributed by atoms with Crippen LogP contribution in [0.3, 0.4) is 0 Å². The molecule has 5 nitrogen and oxygen atoms in total. The van der Waals surface area contributed by atoms with E-state index in [4.69, 9.17) is 24.4 Å². The largest absolute Gasteiger partial charge is 0.456 e. The number of hydrogen-bond acceptors (Lipinski definition) is 6. The molecule has 0 spiro atoms. The predicted molar refractivity (Wildman–Crippen MR) is 222 cm³/mol. The highest BCUT2D eigenvalue weighted by molar-refractivity contribution is 7.21. The van der Waals surface area contributed by atoms with Crippen LogP contribution >= 0.6 is 11.3 Å². The van der Waals surface area contributed by atoms with Crippen molar-refractivity contribution in [2.24, 2.45) is 0 Å². The van der Waals surface area contributed by atoms with Crippen LogP contribution in [0.1, 0.15) is 0 Å². The molecule has 11 aromatic rings. The summed E-state index contributed by atoms with van der Waals surface area (Å²) in [6, 6.07) is 58.7. The zero-order chi connectivity index (χ0) is 35.6. The van der Waals surface area contributed by atoms with Crippen molar-refractivity contribution in [2.45, 2.75) is 0 Å². The van der Waals surface area contributed by atoms with Gasteiger partial charge >= 0.3 is 0 Å². The van der Waals surface area contributed by atoms with Gasteiger partial charge in [-0.15, -0.1) is 11.3 Å². The number of thiazole rings is 1. The minimum atomic E-state index is 0.544. The maximum absolute atomic E-state index is 6.55. The normalized spacial score (nSPS) is 11.7. The molecule has 0 aliphatic rings. The number of furan rings is 1. The van der Waals surface area contributed by atoms with E-state index < -0.39 is 0 Å². The van der Waals surface area contributed by atoms with Crippen LogP contribution in [0.2, 0.25) is 0 Å². The molecule has 3 aromatic heterocycles. The van der Waals surface area contributed by atoms with E-state index in [1.54, 1.807) is 11.3 Å². The van der Waals surface area contributed by atoms with Gasteiger partial charge in [-0.1, -0.05) is 146 Å². The fraction of sp³-hybridized carbons (Fsp3) is 0. The fourth-order valence-electron chi connectivity index (χ4n) is 7.63. The molecule has 54 heavy (non-hydrogen) atoms. The third-order valence-electron chi connectivity index (χ3n) is 10.1. The number of fused-ring (bicyclic) bond motifs is 6. The highest BCUT2D eigenvalue weighted by Gasteiger charge is 2.25. The van der Waals surface area contributed by atoms with Crippen LogP contribution in [0, 0.1) is 0 Å². The smallest absolute Gasteiger partial charge is 0.167 e. The molecule has 0 N–H and O–H groups in total. The van der Waals surface area contributed by atoms with Crippen molar-refractivity contribution >= 4 is 65.0 Å². The van der Waals surface area contributed by atoms with E-state index in [0.29, 0.717) is 17.5 Å². The SMILES string of the molecule is c1ccc(-c2nc3c(-c4nc(-c5ccc6ccccc6c5)nc(-c5ccc6ccccc6c5-c5ccccc5)n4)c4c(cc3s2)oc2ccccc24)cc1. The van der Waals surface area contributed by atoms with Gasteiger partial charge in [0.15, 0.2) is 17.5 Å². The number of hydrogen-bond donors (Lipinski definition) is 0. The van der Waals surface area contributed by atoms with E-state index in [-0.39, 0.29) is 0 Å². The lowest BCUT2D eigenvalue weighted by atomic mass is 9.93. The first-order valence-electron chi connectivity index (χ1n) is 17.9. The van der Waals surface area contributed by atoms with Crippen LogP contribution in [0.25, 0.3) is 110 Å². The Bertz CT molecular complexity index is 3220. The summed E-state index contributed by atoms with van der Waals surface area (Å²) >= 11 is 1.65.